The predicted molar refractivity (Wildman–Crippen MR) is 138 cm³/mol. The summed E-state index contributed by atoms with van der Waals surface area (Å²) in [6, 6.07) is 21.0. The molecule has 0 spiro atoms. The van der Waals surface area contributed by atoms with Gasteiger partial charge in [-0.15, -0.1) is 0 Å². The fourth-order valence-corrected chi connectivity index (χ4v) is 5.50. The van der Waals surface area contributed by atoms with Crippen LogP contribution in [0.25, 0.3) is 0 Å². The van der Waals surface area contributed by atoms with E-state index in [0.717, 1.165) is 34.5 Å². The van der Waals surface area contributed by atoms with Crippen molar-refractivity contribution in [1.82, 2.24) is 4.90 Å². The summed E-state index contributed by atoms with van der Waals surface area (Å²) in [5.74, 6) is -1.28. The second kappa shape index (κ2) is 10.1. The van der Waals surface area contributed by atoms with Crippen LogP contribution in [0.15, 0.2) is 94.4 Å². The van der Waals surface area contributed by atoms with Crippen molar-refractivity contribution in [2.45, 2.75) is 11.1 Å². The summed E-state index contributed by atoms with van der Waals surface area (Å²) < 4.78 is 40.1. The molecule has 2 amide bonds. The molecule has 3 aromatic carbocycles. The topological polar surface area (TPSA) is 43.9 Å². The molecule has 0 radical (unpaired) electrons. The van der Waals surface area contributed by atoms with E-state index in [4.69, 9.17) is 11.6 Å². The van der Waals surface area contributed by atoms with Crippen LogP contribution in [0, 0.1) is 0 Å². The maximum absolute atomic E-state index is 13.7. The van der Waals surface area contributed by atoms with Crippen LogP contribution < -0.4 is 9.80 Å². The Kier molecular flexibility index (Phi) is 6.92. The van der Waals surface area contributed by atoms with Crippen LogP contribution in [0.2, 0.25) is 5.02 Å². The van der Waals surface area contributed by atoms with Crippen LogP contribution in [-0.2, 0) is 15.8 Å². The molecule has 0 N–H and O–H groups in total. The lowest BCUT2D eigenvalue weighted by Crippen LogP contribution is -2.47. The number of piperazine rings is 1. The average Bonchev–Trinajstić information content (AvgIpc) is 3.14. The number of halogens is 4. The number of carbonyl (C=O) groups is 2. The smallest absolute Gasteiger partial charge is 0.368 e. The number of hydrogen-bond acceptors (Lipinski definition) is 5. The molecule has 0 aromatic heterocycles. The van der Waals surface area contributed by atoms with Crippen LogP contribution in [0.3, 0.4) is 0 Å². The Hall–Kier alpha value is -3.43. The molecular formula is C27H21ClF3N3O2S. The molecule has 1 fully saturated rings. The molecule has 3 aromatic rings. The van der Waals surface area contributed by atoms with Crippen molar-refractivity contribution >= 4 is 46.6 Å². The van der Waals surface area contributed by atoms with Gasteiger partial charge < -0.3 is 9.80 Å². The van der Waals surface area contributed by atoms with Gasteiger partial charge in [-0.1, -0.05) is 47.6 Å². The molecule has 5 nitrogen and oxygen atoms in total. The van der Waals surface area contributed by atoms with Crippen molar-refractivity contribution in [3.63, 3.8) is 0 Å². The SMILES string of the molecule is O=C1C(Sc2ccc(Cl)cc2)=C(N2CCN(c3ccccc3)CC2)C(=O)N1c1cccc(C(F)(F)F)c1. The molecule has 0 aliphatic carbocycles. The monoisotopic (exact) mass is 543 g/mol. The van der Waals surface area contributed by atoms with Gasteiger partial charge in [0.05, 0.1) is 11.3 Å². The molecule has 10 heteroatoms. The maximum atomic E-state index is 13.7. The van der Waals surface area contributed by atoms with Crippen LogP contribution in [0.4, 0.5) is 24.5 Å². The van der Waals surface area contributed by atoms with Crippen molar-refractivity contribution in [1.29, 1.82) is 0 Å². The Balaban J connectivity index is 1.47. The van der Waals surface area contributed by atoms with Crippen molar-refractivity contribution in [3.8, 4) is 0 Å². The minimum absolute atomic E-state index is 0.114. The summed E-state index contributed by atoms with van der Waals surface area (Å²) in [6.07, 6.45) is -4.60. The Morgan fingerprint density at radius 1 is 0.730 bits per heavy atom. The normalized spacial score (nSPS) is 16.7. The van der Waals surface area contributed by atoms with Gasteiger partial charge in [0.2, 0.25) is 0 Å². The first-order chi connectivity index (χ1) is 17.7. The lowest BCUT2D eigenvalue weighted by atomic mass is 10.2. The number of carbonyl (C=O) groups excluding carboxylic acids is 2. The first-order valence-corrected chi connectivity index (χ1v) is 12.7. The number of imide groups is 1. The first-order valence-electron chi connectivity index (χ1n) is 11.5. The van der Waals surface area contributed by atoms with E-state index in [1.165, 1.54) is 12.1 Å². The number of thioether (sulfide) groups is 1. The van der Waals surface area contributed by atoms with E-state index in [9.17, 15) is 22.8 Å². The number of alkyl halides is 3. The summed E-state index contributed by atoms with van der Waals surface area (Å²) in [5, 5.41) is 0.523. The largest absolute Gasteiger partial charge is 0.416 e. The van der Waals surface area contributed by atoms with E-state index in [-0.39, 0.29) is 16.3 Å². The molecule has 5 rings (SSSR count). The van der Waals surface area contributed by atoms with E-state index in [2.05, 4.69) is 4.90 Å². The van der Waals surface area contributed by atoms with Gasteiger partial charge in [0.15, 0.2) is 0 Å². The van der Waals surface area contributed by atoms with Gasteiger partial charge in [0.1, 0.15) is 10.6 Å². The molecule has 0 unspecified atom stereocenters. The third-order valence-electron chi connectivity index (χ3n) is 6.20. The summed E-state index contributed by atoms with van der Waals surface area (Å²) >= 11 is 7.10. The zero-order chi connectivity index (χ0) is 26.2. The summed E-state index contributed by atoms with van der Waals surface area (Å²) in [7, 11) is 0. The zero-order valence-electron chi connectivity index (χ0n) is 19.4. The molecule has 0 atom stereocenters. The highest BCUT2D eigenvalue weighted by atomic mass is 35.5. The standard InChI is InChI=1S/C27H21ClF3N3O2S/c28-19-9-11-22(12-10-19)37-24-23(33-15-13-32(14-16-33)20-6-2-1-3-7-20)25(35)34(26(24)36)21-8-4-5-18(17-21)27(29,30)31/h1-12,17H,13-16H2. The van der Waals surface area contributed by atoms with E-state index < -0.39 is 23.6 Å². The van der Waals surface area contributed by atoms with Gasteiger partial charge in [-0.3, -0.25) is 9.59 Å². The van der Waals surface area contributed by atoms with E-state index in [1.54, 1.807) is 24.3 Å². The van der Waals surface area contributed by atoms with Crippen molar-refractivity contribution in [2.24, 2.45) is 0 Å². The molecule has 2 heterocycles. The quantitative estimate of drug-likeness (QED) is 0.366. The lowest BCUT2D eigenvalue weighted by Gasteiger charge is -2.37. The fourth-order valence-electron chi connectivity index (χ4n) is 4.37. The molecule has 2 aliphatic heterocycles. The molecular weight excluding hydrogens is 523 g/mol. The zero-order valence-corrected chi connectivity index (χ0v) is 21.0. The van der Waals surface area contributed by atoms with Crippen LogP contribution in [-0.4, -0.2) is 42.9 Å². The third kappa shape index (κ3) is 5.19. The van der Waals surface area contributed by atoms with Crippen LogP contribution in [0.5, 0.6) is 0 Å². The second-order valence-corrected chi connectivity index (χ2v) is 10.1. The highest BCUT2D eigenvalue weighted by molar-refractivity contribution is 8.04. The predicted octanol–water partition coefficient (Wildman–Crippen LogP) is 6.06. The Morgan fingerprint density at radius 2 is 1.35 bits per heavy atom. The highest BCUT2D eigenvalue weighted by Gasteiger charge is 2.43. The van der Waals surface area contributed by atoms with Gasteiger partial charge in [-0.25, -0.2) is 4.90 Å². The fraction of sp³-hybridized carbons (Fsp3) is 0.185. The summed E-state index contributed by atoms with van der Waals surface area (Å²) in [5.41, 5.74) is 0.223. The third-order valence-corrected chi connectivity index (χ3v) is 7.53. The van der Waals surface area contributed by atoms with E-state index >= 15 is 0 Å². The number of hydrogen-bond donors (Lipinski definition) is 0. The minimum atomic E-state index is -4.60. The number of amides is 2. The number of benzene rings is 3. The average molecular weight is 544 g/mol. The van der Waals surface area contributed by atoms with Crippen molar-refractivity contribution in [2.75, 3.05) is 36.0 Å². The summed E-state index contributed by atoms with van der Waals surface area (Å²) in [6.45, 7) is 2.20. The van der Waals surface area contributed by atoms with Crippen LogP contribution in [0.1, 0.15) is 5.56 Å². The number of anilines is 2. The Bertz CT molecular complexity index is 1360. The van der Waals surface area contributed by atoms with Gasteiger partial charge in [-0.2, -0.15) is 13.2 Å². The second-order valence-electron chi connectivity index (χ2n) is 8.54. The van der Waals surface area contributed by atoms with Crippen molar-refractivity contribution in [3.05, 3.63) is 100 Å². The molecule has 0 bridgehead atoms. The molecule has 0 saturated carbocycles. The highest BCUT2D eigenvalue weighted by Crippen LogP contribution is 2.40. The van der Waals surface area contributed by atoms with Gasteiger partial charge >= 0.3 is 6.18 Å². The molecule has 1 saturated heterocycles. The van der Waals surface area contributed by atoms with E-state index in [1.807, 2.05) is 35.2 Å². The number of nitrogens with zero attached hydrogens (tertiary/aromatic N) is 3. The summed E-state index contributed by atoms with van der Waals surface area (Å²) in [4.78, 5) is 33.0. The minimum Gasteiger partial charge on any atom is -0.368 e. The maximum Gasteiger partial charge on any atom is 0.416 e. The number of rotatable bonds is 5. The lowest BCUT2D eigenvalue weighted by molar-refractivity contribution is -0.137. The van der Waals surface area contributed by atoms with Gasteiger partial charge in [-0.05, 0) is 54.6 Å². The molecule has 190 valence electrons. The first kappa shape index (κ1) is 25.2. The van der Waals surface area contributed by atoms with Crippen molar-refractivity contribution < 1.29 is 22.8 Å². The number of para-hydroxylation sites is 1. The molecule has 2 aliphatic rings. The van der Waals surface area contributed by atoms with E-state index in [0.29, 0.717) is 36.1 Å². The van der Waals surface area contributed by atoms with Gasteiger partial charge in [0, 0.05) is 41.8 Å². The Labute approximate surface area is 221 Å². The van der Waals surface area contributed by atoms with Crippen LogP contribution >= 0.6 is 23.4 Å². The molecule has 37 heavy (non-hydrogen) atoms. The Morgan fingerprint density at radius 3 is 2.00 bits per heavy atom. The van der Waals surface area contributed by atoms with Gasteiger partial charge in [0.25, 0.3) is 11.8 Å².